The average Bonchev–Trinajstić information content (AvgIpc) is 1.88. The van der Waals surface area contributed by atoms with Crippen LogP contribution in [0.1, 0.15) is 5.56 Å². The Hall–Kier alpha value is -0.0726. The van der Waals surface area contributed by atoms with E-state index in [0.717, 1.165) is 5.56 Å². The van der Waals surface area contributed by atoms with Crippen molar-refractivity contribution in [2.24, 2.45) is 0 Å². The van der Waals surface area contributed by atoms with Gasteiger partial charge in [0, 0.05) is 18.9 Å². The molecule has 1 rings (SSSR count). The molecular weight excluding hydrogens is 155 g/mol. The molecule has 0 aliphatic carbocycles. The van der Waals surface area contributed by atoms with Crippen molar-refractivity contribution in [2.45, 2.75) is 11.8 Å². The van der Waals surface area contributed by atoms with Crippen LogP contribution in [0.2, 0.25) is 0 Å². The van der Waals surface area contributed by atoms with Gasteiger partial charge in [-0.2, -0.15) is 0 Å². The summed E-state index contributed by atoms with van der Waals surface area (Å²) in [6.45, 7) is 1.93. The van der Waals surface area contributed by atoms with Crippen LogP contribution in [0.5, 0.6) is 0 Å². The van der Waals surface area contributed by atoms with Crippen LogP contribution in [0.3, 0.4) is 0 Å². The first-order chi connectivity index (χ1) is 4.70. The summed E-state index contributed by atoms with van der Waals surface area (Å²) in [5.74, 6) is 0. The van der Waals surface area contributed by atoms with E-state index in [1.165, 1.54) is 0 Å². The van der Waals surface area contributed by atoms with E-state index in [9.17, 15) is 4.21 Å². The molecule has 55 valence electrons. The van der Waals surface area contributed by atoms with E-state index in [0.29, 0.717) is 4.90 Å². The molecular formula is C7H8LiO2S. The zero-order chi connectivity index (χ0) is 7.56. The van der Waals surface area contributed by atoms with E-state index >= 15 is 0 Å². The molecule has 0 fully saturated rings. The monoisotopic (exact) mass is 163 g/mol. The van der Waals surface area contributed by atoms with Gasteiger partial charge >= 0.3 is 0 Å². The zero-order valence-corrected chi connectivity index (χ0v) is 7.39. The molecule has 1 aromatic rings. The van der Waals surface area contributed by atoms with Crippen molar-refractivity contribution < 1.29 is 8.76 Å². The van der Waals surface area contributed by atoms with E-state index in [-0.39, 0.29) is 18.9 Å². The topological polar surface area (TPSA) is 37.3 Å². The van der Waals surface area contributed by atoms with Gasteiger partial charge < -0.3 is 4.55 Å². The molecule has 0 bridgehead atoms. The maximum absolute atomic E-state index is 10.4. The van der Waals surface area contributed by atoms with Gasteiger partial charge in [0.2, 0.25) is 0 Å². The van der Waals surface area contributed by atoms with Gasteiger partial charge in [-0.3, -0.25) is 0 Å². The second-order valence-corrected chi connectivity index (χ2v) is 3.03. The van der Waals surface area contributed by atoms with Gasteiger partial charge in [0.25, 0.3) is 0 Å². The van der Waals surface area contributed by atoms with Gasteiger partial charge in [-0.05, 0) is 19.1 Å². The number of aryl methyl sites for hydroxylation is 1. The standard InChI is InChI=1S/C7H8O2S.Li/c1-6-2-4-7(5-3-6)10(8)9;/h2-5H,1H3,(H,8,9);. The summed E-state index contributed by atoms with van der Waals surface area (Å²) in [6.07, 6.45) is 0. The summed E-state index contributed by atoms with van der Waals surface area (Å²) in [6, 6.07) is 6.91. The second-order valence-electron chi connectivity index (χ2n) is 2.06. The fourth-order valence-corrected chi connectivity index (χ4v) is 1.02. The van der Waals surface area contributed by atoms with Crippen molar-refractivity contribution in [1.82, 2.24) is 0 Å². The molecule has 1 aromatic carbocycles. The molecule has 0 saturated carbocycles. The Balaban J connectivity index is 0.000001000. The Bertz CT molecular complexity index is 245. The quantitative estimate of drug-likeness (QED) is 0.498. The van der Waals surface area contributed by atoms with Gasteiger partial charge in [0.1, 0.15) is 0 Å². The van der Waals surface area contributed by atoms with Crippen molar-refractivity contribution in [3.8, 4) is 0 Å². The number of hydrogen-bond donors (Lipinski definition) is 1. The van der Waals surface area contributed by atoms with Gasteiger partial charge in [0.15, 0.2) is 11.1 Å². The molecule has 0 spiro atoms. The van der Waals surface area contributed by atoms with Crippen molar-refractivity contribution >= 4 is 29.9 Å². The number of rotatable bonds is 1. The smallest absolute Gasteiger partial charge is 0.186 e. The molecule has 1 radical (unpaired) electrons. The average molecular weight is 163 g/mol. The predicted octanol–water partition coefficient (Wildman–Crippen LogP) is 1.19. The molecule has 0 aliphatic heterocycles. The van der Waals surface area contributed by atoms with Crippen LogP contribution in [-0.2, 0) is 11.1 Å². The minimum Gasteiger partial charge on any atom is -0.302 e. The summed E-state index contributed by atoms with van der Waals surface area (Å²) in [5, 5.41) is 0. The molecule has 0 aliphatic rings. The molecule has 1 atom stereocenters. The van der Waals surface area contributed by atoms with Gasteiger partial charge in [-0.1, -0.05) is 17.7 Å². The third-order valence-electron chi connectivity index (χ3n) is 1.22. The summed E-state index contributed by atoms with van der Waals surface area (Å²) < 4.78 is 19.0. The Morgan fingerprint density at radius 2 is 1.73 bits per heavy atom. The maximum atomic E-state index is 10.4. The van der Waals surface area contributed by atoms with Gasteiger partial charge in [-0.15, -0.1) is 0 Å². The minimum absolute atomic E-state index is 0. The predicted molar refractivity (Wildman–Crippen MR) is 46.0 cm³/mol. The van der Waals surface area contributed by atoms with E-state index in [1.807, 2.05) is 19.1 Å². The van der Waals surface area contributed by atoms with Crippen LogP contribution in [0.4, 0.5) is 0 Å². The Morgan fingerprint density at radius 1 is 1.27 bits per heavy atom. The molecule has 11 heavy (non-hydrogen) atoms. The van der Waals surface area contributed by atoms with Crippen LogP contribution >= 0.6 is 0 Å². The van der Waals surface area contributed by atoms with E-state index < -0.39 is 11.1 Å². The molecule has 1 unspecified atom stereocenters. The molecule has 0 amide bonds. The Morgan fingerprint density at radius 3 is 2.09 bits per heavy atom. The number of hydrogen-bond acceptors (Lipinski definition) is 1. The molecule has 0 saturated heterocycles. The molecule has 4 heteroatoms. The summed E-state index contributed by atoms with van der Waals surface area (Å²) in [7, 11) is 0. The number of benzene rings is 1. The Labute approximate surface area is 80.5 Å². The van der Waals surface area contributed by atoms with Crippen LogP contribution in [0.15, 0.2) is 29.2 Å². The summed E-state index contributed by atoms with van der Waals surface area (Å²) in [4.78, 5) is 0.450. The fraction of sp³-hybridized carbons (Fsp3) is 0.143. The molecule has 0 aromatic heterocycles. The van der Waals surface area contributed by atoms with E-state index in [2.05, 4.69) is 0 Å². The van der Waals surface area contributed by atoms with Crippen LogP contribution < -0.4 is 0 Å². The fourth-order valence-electron chi connectivity index (χ4n) is 0.655. The molecule has 1 N–H and O–H groups in total. The minimum atomic E-state index is -1.84. The van der Waals surface area contributed by atoms with Crippen molar-refractivity contribution in [3.05, 3.63) is 29.8 Å². The second kappa shape index (κ2) is 4.73. The maximum Gasteiger partial charge on any atom is 0.186 e. The summed E-state index contributed by atoms with van der Waals surface area (Å²) >= 11 is -1.84. The third-order valence-corrected chi connectivity index (χ3v) is 1.90. The van der Waals surface area contributed by atoms with Crippen LogP contribution in [0, 0.1) is 6.92 Å². The van der Waals surface area contributed by atoms with Crippen LogP contribution in [-0.4, -0.2) is 27.6 Å². The molecule has 2 nitrogen and oxygen atoms in total. The van der Waals surface area contributed by atoms with E-state index in [1.54, 1.807) is 12.1 Å². The third kappa shape index (κ3) is 3.22. The first-order valence-electron chi connectivity index (χ1n) is 2.87. The first kappa shape index (κ1) is 10.9. The first-order valence-corrected chi connectivity index (χ1v) is 3.98. The van der Waals surface area contributed by atoms with Crippen molar-refractivity contribution in [3.63, 3.8) is 0 Å². The van der Waals surface area contributed by atoms with Gasteiger partial charge in [0.05, 0.1) is 4.90 Å². The summed E-state index contributed by atoms with van der Waals surface area (Å²) in [5.41, 5.74) is 1.09. The SMILES string of the molecule is Cc1ccc(S(=O)O)cc1.[Li]. The van der Waals surface area contributed by atoms with Crippen LogP contribution in [0.25, 0.3) is 0 Å². The Kier molecular flexibility index (Phi) is 4.70. The van der Waals surface area contributed by atoms with Crippen molar-refractivity contribution in [1.29, 1.82) is 0 Å². The van der Waals surface area contributed by atoms with Crippen molar-refractivity contribution in [2.75, 3.05) is 0 Å². The largest absolute Gasteiger partial charge is 0.302 e. The molecule has 0 heterocycles. The van der Waals surface area contributed by atoms with E-state index in [4.69, 9.17) is 4.55 Å². The normalized spacial score (nSPS) is 11.8. The zero-order valence-electron chi connectivity index (χ0n) is 6.57. The van der Waals surface area contributed by atoms with Gasteiger partial charge in [-0.25, -0.2) is 4.21 Å².